The van der Waals surface area contributed by atoms with Gasteiger partial charge in [0, 0.05) is 42.6 Å². The van der Waals surface area contributed by atoms with E-state index < -0.39 is 0 Å². The molecule has 4 aromatic rings. The van der Waals surface area contributed by atoms with Crippen LogP contribution in [0.5, 0.6) is 0 Å². The molecule has 4 heterocycles. The van der Waals surface area contributed by atoms with Gasteiger partial charge in [-0.15, -0.1) is 0 Å². The van der Waals surface area contributed by atoms with Gasteiger partial charge in [0.05, 0.1) is 29.7 Å². The van der Waals surface area contributed by atoms with Gasteiger partial charge in [-0.2, -0.15) is 0 Å². The van der Waals surface area contributed by atoms with E-state index in [-0.39, 0.29) is 6.10 Å². The maximum atomic E-state index is 6.05. The van der Waals surface area contributed by atoms with E-state index in [0.29, 0.717) is 12.6 Å². The molecular formula is C25H26N6O. The minimum atomic E-state index is -0.0524. The zero-order chi connectivity index (χ0) is 21.9. The number of fused-ring (bicyclic) bond motifs is 1. The van der Waals surface area contributed by atoms with Crippen LogP contribution >= 0.6 is 0 Å². The van der Waals surface area contributed by atoms with Crippen LogP contribution in [0.1, 0.15) is 28.7 Å². The smallest absolute Gasteiger partial charge is 0.227 e. The second-order valence-electron chi connectivity index (χ2n) is 8.15. The van der Waals surface area contributed by atoms with Crippen LogP contribution in [-0.2, 0) is 11.3 Å². The summed E-state index contributed by atoms with van der Waals surface area (Å²) in [6.07, 6.45) is 3.65. The van der Waals surface area contributed by atoms with Crippen molar-refractivity contribution in [1.82, 2.24) is 24.8 Å². The largest absolute Gasteiger partial charge is 0.369 e. The molecule has 0 amide bonds. The molecule has 0 saturated carbocycles. The summed E-state index contributed by atoms with van der Waals surface area (Å²) >= 11 is 0. The highest BCUT2D eigenvalue weighted by atomic mass is 16.5. The first-order chi connectivity index (χ1) is 15.6. The third kappa shape index (κ3) is 4.59. The number of nitrogens with one attached hydrogen (secondary N) is 1. The molecule has 1 atom stereocenters. The first kappa shape index (κ1) is 20.5. The summed E-state index contributed by atoms with van der Waals surface area (Å²) < 4.78 is 6.05. The van der Waals surface area contributed by atoms with Crippen LogP contribution in [0, 0.1) is 13.8 Å². The second-order valence-corrected chi connectivity index (χ2v) is 8.15. The number of hydrogen-bond donors (Lipinski definition) is 1. The molecule has 1 aliphatic heterocycles. The van der Waals surface area contributed by atoms with Crippen LogP contribution in [0.4, 0.5) is 11.6 Å². The average Bonchev–Trinajstić information content (AvgIpc) is 2.79. The second kappa shape index (κ2) is 8.98. The van der Waals surface area contributed by atoms with Gasteiger partial charge in [0.1, 0.15) is 6.10 Å². The zero-order valence-electron chi connectivity index (χ0n) is 18.3. The number of anilines is 2. The fraction of sp³-hybridized carbons (Fsp3) is 0.280. The molecule has 1 fully saturated rings. The fourth-order valence-electron chi connectivity index (χ4n) is 4.14. The molecule has 1 saturated heterocycles. The van der Waals surface area contributed by atoms with Crippen LogP contribution in [-0.4, -0.2) is 44.5 Å². The number of morpholine rings is 1. The van der Waals surface area contributed by atoms with E-state index in [1.807, 2.05) is 50.5 Å². The summed E-state index contributed by atoms with van der Waals surface area (Å²) in [5, 5.41) is 4.44. The number of pyridine rings is 2. The number of ether oxygens (including phenoxy) is 1. The number of rotatable bonds is 5. The maximum Gasteiger partial charge on any atom is 0.227 e. The van der Waals surface area contributed by atoms with Crippen molar-refractivity contribution in [3.05, 3.63) is 83.6 Å². The summed E-state index contributed by atoms with van der Waals surface area (Å²) in [4.78, 5) is 20.4. The summed E-state index contributed by atoms with van der Waals surface area (Å²) in [6.45, 7) is 7.18. The Hall–Kier alpha value is -3.42. The maximum absolute atomic E-state index is 6.05. The lowest BCUT2D eigenvalue weighted by Crippen LogP contribution is -2.38. The van der Waals surface area contributed by atoms with E-state index in [1.54, 1.807) is 0 Å². The summed E-state index contributed by atoms with van der Waals surface area (Å²) in [5.41, 5.74) is 5.98. The molecule has 7 nitrogen and oxygen atoms in total. The first-order valence-corrected chi connectivity index (χ1v) is 10.9. The molecule has 1 aliphatic rings. The molecule has 0 bridgehead atoms. The summed E-state index contributed by atoms with van der Waals surface area (Å²) in [6, 6.07) is 16.4. The molecule has 1 unspecified atom stereocenters. The van der Waals surface area contributed by atoms with Crippen molar-refractivity contribution in [3.63, 3.8) is 0 Å². The van der Waals surface area contributed by atoms with Crippen molar-refractivity contribution in [2.24, 2.45) is 0 Å². The zero-order valence-corrected chi connectivity index (χ0v) is 18.3. The Labute approximate surface area is 187 Å². The summed E-state index contributed by atoms with van der Waals surface area (Å²) in [7, 11) is 0. The quantitative estimate of drug-likeness (QED) is 0.508. The van der Waals surface area contributed by atoms with E-state index in [2.05, 4.69) is 54.4 Å². The van der Waals surface area contributed by atoms with Crippen molar-refractivity contribution in [3.8, 4) is 0 Å². The van der Waals surface area contributed by atoms with E-state index >= 15 is 0 Å². The van der Waals surface area contributed by atoms with Crippen LogP contribution in [0.25, 0.3) is 10.9 Å². The highest BCUT2D eigenvalue weighted by molar-refractivity contribution is 5.81. The van der Waals surface area contributed by atoms with Crippen LogP contribution in [0.2, 0.25) is 0 Å². The number of para-hydroxylation sites is 1. The minimum absolute atomic E-state index is 0.0524. The Morgan fingerprint density at radius 1 is 1.03 bits per heavy atom. The summed E-state index contributed by atoms with van der Waals surface area (Å²) in [5.74, 6) is 0.585. The third-order valence-corrected chi connectivity index (χ3v) is 5.64. The van der Waals surface area contributed by atoms with Crippen LogP contribution in [0.3, 0.4) is 0 Å². The Morgan fingerprint density at radius 3 is 2.69 bits per heavy atom. The van der Waals surface area contributed by atoms with E-state index in [4.69, 9.17) is 4.74 Å². The normalized spacial score (nSPS) is 16.9. The van der Waals surface area contributed by atoms with Gasteiger partial charge in [0.2, 0.25) is 5.95 Å². The predicted octanol–water partition coefficient (Wildman–Crippen LogP) is 4.35. The number of hydrogen-bond acceptors (Lipinski definition) is 7. The highest BCUT2D eigenvalue weighted by Crippen LogP contribution is 2.25. The van der Waals surface area contributed by atoms with Crippen LogP contribution in [0.15, 0.2) is 60.9 Å². The minimum Gasteiger partial charge on any atom is -0.369 e. The molecule has 0 spiro atoms. The molecule has 0 aliphatic carbocycles. The molecule has 1 N–H and O–H groups in total. The van der Waals surface area contributed by atoms with Gasteiger partial charge >= 0.3 is 0 Å². The molecule has 32 heavy (non-hydrogen) atoms. The van der Waals surface area contributed by atoms with Gasteiger partial charge in [0.25, 0.3) is 0 Å². The van der Waals surface area contributed by atoms with Crippen molar-refractivity contribution in [2.45, 2.75) is 26.5 Å². The van der Waals surface area contributed by atoms with Gasteiger partial charge in [0.15, 0.2) is 0 Å². The van der Waals surface area contributed by atoms with E-state index in [0.717, 1.165) is 47.9 Å². The number of aromatic nitrogens is 4. The van der Waals surface area contributed by atoms with Gasteiger partial charge < -0.3 is 10.1 Å². The fourth-order valence-corrected chi connectivity index (χ4v) is 4.14. The lowest BCUT2D eigenvalue weighted by atomic mass is 10.1. The molecular weight excluding hydrogens is 400 g/mol. The van der Waals surface area contributed by atoms with E-state index in [9.17, 15) is 0 Å². The third-order valence-electron chi connectivity index (χ3n) is 5.64. The van der Waals surface area contributed by atoms with Gasteiger partial charge in [-0.05, 0) is 49.7 Å². The van der Waals surface area contributed by atoms with Gasteiger partial charge in [-0.25, -0.2) is 9.97 Å². The highest BCUT2D eigenvalue weighted by Gasteiger charge is 2.23. The number of benzene rings is 1. The topological polar surface area (TPSA) is 76.1 Å². The van der Waals surface area contributed by atoms with Gasteiger partial charge in [-0.3, -0.25) is 14.9 Å². The monoisotopic (exact) mass is 426 g/mol. The molecule has 7 heteroatoms. The first-order valence-electron chi connectivity index (χ1n) is 10.9. The molecule has 3 aromatic heterocycles. The number of aryl methyl sites for hydroxylation is 2. The number of nitrogens with zero attached hydrogens (tertiary/aromatic N) is 5. The van der Waals surface area contributed by atoms with E-state index in [1.165, 1.54) is 10.9 Å². The molecule has 0 radical (unpaired) electrons. The van der Waals surface area contributed by atoms with Crippen LogP contribution < -0.4 is 5.32 Å². The van der Waals surface area contributed by atoms with Crippen molar-refractivity contribution in [1.29, 1.82) is 0 Å². The van der Waals surface area contributed by atoms with Crippen molar-refractivity contribution >= 4 is 22.5 Å². The lowest BCUT2D eigenvalue weighted by molar-refractivity contribution is -0.0348. The Balaban J connectivity index is 1.27. The predicted molar refractivity (Wildman–Crippen MR) is 125 cm³/mol. The molecule has 5 rings (SSSR count). The van der Waals surface area contributed by atoms with Gasteiger partial charge in [-0.1, -0.05) is 18.2 Å². The molecule has 162 valence electrons. The lowest BCUT2D eigenvalue weighted by Gasteiger charge is -2.32. The Bertz CT molecular complexity index is 1200. The Morgan fingerprint density at radius 2 is 1.88 bits per heavy atom. The average molecular weight is 427 g/mol. The Kier molecular flexibility index (Phi) is 5.75. The van der Waals surface area contributed by atoms with Crippen molar-refractivity contribution in [2.75, 3.05) is 25.0 Å². The standard InChI is InChI=1S/C25H26N6O/c1-17-13-18(2)29-25(28-17)30-20-7-8-23(27-14-20)24-16-31(11-12-32-24)15-19-9-10-26-22-6-4-3-5-21(19)22/h3-10,13-14,24H,11-12,15-16H2,1-2H3,(H,28,29,30). The van der Waals surface area contributed by atoms with Crippen molar-refractivity contribution < 1.29 is 4.74 Å². The SMILES string of the molecule is Cc1cc(C)nc(Nc2ccc(C3CN(Cc4ccnc5ccccc45)CCO3)nc2)n1. The molecule has 1 aromatic carbocycles.